The van der Waals surface area contributed by atoms with Crippen LogP contribution in [-0.4, -0.2) is 36.5 Å². The van der Waals surface area contributed by atoms with E-state index in [2.05, 4.69) is 15.3 Å². The lowest BCUT2D eigenvalue weighted by molar-refractivity contribution is 0.0984. The van der Waals surface area contributed by atoms with Crippen molar-refractivity contribution < 1.29 is 9.53 Å². The monoisotopic (exact) mass is 181 g/mol. The number of carbonyl (C=O) groups excluding carboxylic acids is 1. The number of hydrogen-bond acceptors (Lipinski definition) is 5. The molecule has 0 aliphatic heterocycles. The molecule has 0 radical (unpaired) electrons. The second-order valence-electron chi connectivity index (χ2n) is 2.37. The number of ether oxygens (including phenoxy) is 1. The van der Waals surface area contributed by atoms with Gasteiger partial charge >= 0.3 is 0 Å². The fourth-order valence-corrected chi connectivity index (χ4v) is 0.910. The van der Waals surface area contributed by atoms with Gasteiger partial charge < -0.3 is 10.1 Å². The van der Waals surface area contributed by atoms with Crippen molar-refractivity contribution >= 4 is 5.78 Å². The third kappa shape index (κ3) is 2.22. The van der Waals surface area contributed by atoms with Gasteiger partial charge in [0.25, 0.3) is 0 Å². The summed E-state index contributed by atoms with van der Waals surface area (Å²) in [4.78, 5) is 19.1. The Bertz CT molecular complexity index is 301. The highest BCUT2D eigenvalue weighted by Gasteiger charge is 2.12. The molecular weight excluding hydrogens is 170 g/mol. The van der Waals surface area contributed by atoms with Gasteiger partial charge in [0.2, 0.25) is 5.88 Å². The maximum absolute atomic E-state index is 11.4. The van der Waals surface area contributed by atoms with Gasteiger partial charge in [0.1, 0.15) is 0 Å². The van der Waals surface area contributed by atoms with Gasteiger partial charge in [-0.25, -0.2) is 9.97 Å². The van der Waals surface area contributed by atoms with Gasteiger partial charge in [-0.15, -0.1) is 0 Å². The van der Waals surface area contributed by atoms with Crippen molar-refractivity contribution in [3.63, 3.8) is 0 Å². The van der Waals surface area contributed by atoms with Gasteiger partial charge in [-0.2, -0.15) is 0 Å². The highest BCUT2D eigenvalue weighted by Crippen LogP contribution is 2.10. The average Bonchev–Trinajstić information content (AvgIpc) is 2.18. The number of nitrogens with zero attached hydrogens (tertiary/aromatic N) is 2. The summed E-state index contributed by atoms with van der Waals surface area (Å²) in [6.07, 6.45) is 2.94. The van der Waals surface area contributed by atoms with Gasteiger partial charge in [0, 0.05) is 12.4 Å². The summed E-state index contributed by atoms with van der Waals surface area (Å²) in [6.45, 7) is 0.231. The van der Waals surface area contributed by atoms with Crippen molar-refractivity contribution in [2.75, 3.05) is 20.7 Å². The van der Waals surface area contributed by atoms with E-state index in [9.17, 15) is 4.79 Å². The number of methoxy groups -OCH3 is 1. The zero-order valence-corrected chi connectivity index (χ0v) is 7.57. The number of likely N-dealkylation sites (N-methyl/N-ethyl adjacent to an activating group) is 1. The second kappa shape index (κ2) is 4.51. The van der Waals surface area contributed by atoms with Crippen LogP contribution < -0.4 is 10.1 Å². The quantitative estimate of drug-likeness (QED) is 0.656. The van der Waals surface area contributed by atoms with Crippen LogP contribution in [0.5, 0.6) is 5.88 Å². The largest absolute Gasteiger partial charge is 0.479 e. The molecule has 0 aromatic carbocycles. The molecule has 1 aromatic rings. The molecule has 1 N–H and O–H groups in total. The molecule has 1 aromatic heterocycles. The smallest absolute Gasteiger partial charge is 0.243 e. The molecule has 0 bridgehead atoms. The summed E-state index contributed by atoms with van der Waals surface area (Å²) in [5.74, 6) is 0.134. The zero-order chi connectivity index (χ0) is 9.68. The molecule has 1 rings (SSSR count). The first-order valence-corrected chi connectivity index (χ1v) is 3.82. The molecule has 0 atom stereocenters. The lowest BCUT2D eigenvalue weighted by Crippen LogP contribution is -2.20. The molecule has 5 nitrogen and oxygen atoms in total. The summed E-state index contributed by atoms with van der Waals surface area (Å²) < 4.78 is 4.89. The van der Waals surface area contributed by atoms with Crippen LogP contribution in [0.1, 0.15) is 10.5 Å². The molecule has 0 spiro atoms. The van der Waals surface area contributed by atoms with Crippen LogP contribution in [0.3, 0.4) is 0 Å². The third-order valence-corrected chi connectivity index (χ3v) is 1.46. The maximum atomic E-state index is 11.4. The third-order valence-electron chi connectivity index (χ3n) is 1.46. The average molecular weight is 181 g/mol. The Hall–Kier alpha value is -1.49. The molecular formula is C8H11N3O2. The summed E-state index contributed by atoms with van der Waals surface area (Å²) >= 11 is 0. The molecule has 5 heteroatoms. The molecule has 0 aliphatic rings. The molecule has 0 aliphatic carbocycles. The Morgan fingerprint density at radius 2 is 2.23 bits per heavy atom. The highest BCUT2D eigenvalue weighted by molar-refractivity contribution is 5.97. The Balaban J connectivity index is 2.92. The first-order chi connectivity index (χ1) is 6.29. The molecule has 0 amide bonds. The first kappa shape index (κ1) is 9.60. The predicted octanol–water partition coefficient (Wildman–Crippen LogP) is -0.113. The van der Waals surface area contributed by atoms with Gasteiger partial charge in [-0.1, -0.05) is 0 Å². The van der Waals surface area contributed by atoms with E-state index in [1.165, 1.54) is 19.5 Å². The van der Waals surface area contributed by atoms with Crippen LogP contribution in [0.25, 0.3) is 0 Å². The number of rotatable bonds is 4. The van der Waals surface area contributed by atoms with Crippen molar-refractivity contribution in [2.24, 2.45) is 0 Å². The van der Waals surface area contributed by atoms with Crippen molar-refractivity contribution in [2.45, 2.75) is 0 Å². The minimum Gasteiger partial charge on any atom is -0.479 e. The molecule has 1 heterocycles. The molecule has 70 valence electrons. The number of ketones is 1. The van der Waals surface area contributed by atoms with E-state index in [1.807, 2.05) is 0 Å². The van der Waals surface area contributed by atoms with E-state index in [4.69, 9.17) is 4.74 Å². The molecule has 0 fully saturated rings. The number of carbonyl (C=O) groups is 1. The minimum atomic E-state index is -0.132. The number of hydrogen-bond donors (Lipinski definition) is 1. The van der Waals surface area contributed by atoms with E-state index < -0.39 is 0 Å². The van der Waals surface area contributed by atoms with Crippen LogP contribution in [-0.2, 0) is 0 Å². The van der Waals surface area contributed by atoms with Gasteiger partial charge in [-0.3, -0.25) is 4.79 Å². The topological polar surface area (TPSA) is 64.1 Å². The van der Waals surface area contributed by atoms with E-state index in [1.54, 1.807) is 7.05 Å². The van der Waals surface area contributed by atoms with E-state index in [0.717, 1.165) is 0 Å². The number of aromatic nitrogens is 2. The Morgan fingerprint density at radius 1 is 1.54 bits per heavy atom. The van der Waals surface area contributed by atoms with Crippen molar-refractivity contribution in [1.29, 1.82) is 0 Å². The Kier molecular flexibility index (Phi) is 3.33. The van der Waals surface area contributed by atoms with E-state index >= 15 is 0 Å². The second-order valence-corrected chi connectivity index (χ2v) is 2.37. The van der Waals surface area contributed by atoms with Gasteiger partial charge in [0.05, 0.1) is 13.7 Å². The summed E-state index contributed by atoms with van der Waals surface area (Å²) in [6, 6.07) is 0. The highest BCUT2D eigenvalue weighted by atomic mass is 16.5. The Morgan fingerprint density at radius 3 is 2.85 bits per heavy atom. The Labute approximate surface area is 76.2 Å². The van der Waals surface area contributed by atoms with Crippen LogP contribution in [0.2, 0.25) is 0 Å². The SMILES string of the molecule is CNCC(=O)c1nccnc1OC. The number of Topliss-reactive ketones (excluding diaryl/α,β-unsaturated/α-hetero) is 1. The first-order valence-electron chi connectivity index (χ1n) is 3.82. The molecule has 0 saturated heterocycles. The van der Waals surface area contributed by atoms with Gasteiger partial charge in [0.15, 0.2) is 11.5 Å². The zero-order valence-electron chi connectivity index (χ0n) is 7.57. The standard InChI is InChI=1S/C8H11N3O2/c1-9-5-6(12)7-8(13-2)11-4-3-10-7/h3-4,9H,5H2,1-2H3. The van der Waals surface area contributed by atoms with Crippen LogP contribution in [0, 0.1) is 0 Å². The minimum absolute atomic E-state index is 0.132. The fourth-order valence-electron chi connectivity index (χ4n) is 0.910. The fraction of sp³-hybridized carbons (Fsp3) is 0.375. The van der Waals surface area contributed by atoms with Crippen molar-refractivity contribution in [3.05, 3.63) is 18.1 Å². The van der Waals surface area contributed by atoms with Gasteiger partial charge in [-0.05, 0) is 7.05 Å². The normalized spacial score (nSPS) is 9.69. The van der Waals surface area contributed by atoms with Crippen molar-refractivity contribution in [1.82, 2.24) is 15.3 Å². The van der Waals surface area contributed by atoms with E-state index in [-0.39, 0.29) is 23.9 Å². The van der Waals surface area contributed by atoms with Crippen LogP contribution in [0.15, 0.2) is 12.4 Å². The van der Waals surface area contributed by atoms with Crippen LogP contribution >= 0.6 is 0 Å². The maximum Gasteiger partial charge on any atom is 0.243 e. The van der Waals surface area contributed by atoms with Crippen molar-refractivity contribution in [3.8, 4) is 5.88 Å². The molecule has 0 unspecified atom stereocenters. The lowest BCUT2D eigenvalue weighted by atomic mass is 10.3. The lowest BCUT2D eigenvalue weighted by Gasteiger charge is -2.03. The number of nitrogens with one attached hydrogen (secondary N) is 1. The molecule has 0 saturated carbocycles. The molecule has 13 heavy (non-hydrogen) atoms. The predicted molar refractivity (Wildman–Crippen MR) is 46.8 cm³/mol. The summed E-state index contributed by atoms with van der Waals surface area (Å²) in [5, 5.41) is 2.74. The van der Waals surface area contributed by atoms with E-state index in [0.29, 0.717) is 0 Å². The van der Waals surface area contributed by atoms with Crippen LogP contribution in [0.4, 0.5) is 0 Å². The summed E-state index contributed by atoms with van der Waals surface area (Å²) in [5.41, 5.74) is 0.263. The summed E-state index contributed by atoms with van der Waals surface area (Å²) in [7, 11) is 3.15.